The Labute approximate surface area is 132 Å². The highest BCUT2D eigenvalue weighted by Crippen LogP contribution is 2.34. The molecule has 0 aromatic heterocycles. The van der Waals surface area contributed by atoms with Crippen molar-refractivity contribution >= 4 is 0 Å². The second-order valence-electron chi connectivity index (χ2n) is 8.11. The Balaban J connectivity index is 1.81. The lowest BCUT2D eigenvalue weighted by molar-refractivity contribution is 0.0667. The number of hydrogen-bond acceptors (Lipinski definition) is 3. The van der Waals surface area contributed by atoms with Crippen LogP contribution in [0.4, 0.5) is 0 Å². The molecule has 0 aromatic carbocycles. The second kappa shape index (κ2) is 7.94. The molecule has 1 heterocycles. The van der Waals surface area contributed by atoms with Crippen LogP contribution >= 0.6 is 0 Å². The van der Waals surface area contributed by atoms with Gasteiger partial charge >= 0.3 is 0 Å². The highest BCUT2D eigenvalue weighted by Gasteiger charge is 2.34. The SMILES string of the molecule is CNC1CC(C)CC(C)C1CN1CCN(CC(C)C)CC1. The van der Waals surface area contributed by atoms with Crippen LogP contribution in [0.1, 0.15) is 40.5 Å². The molecule has 1 aliphatic carbocycles. The zero-order valence-corrected chi connectivity index (χ0v) is 14.9. The highest BCUT2D eigenvalue weighted by molar-refractivity contribution is 4.89. The van der Waals surface area contributed by atoms with Crippen molar-refractivity contribution in [3.8, 4) is 0 Å². The molecule has 2 rings (SSSR count). The molecule has 21 heavy (non-hydrogen) atoms. The molecule has 3 nitrogen and oxygen atoms in total. The van der Waals surface area contributed by atoms with Crippen molar-refractivity contribution in [3.05, 3.63) is 0 Å². The number of nitrogens with zero attached hydrogens (tertiary/aromatic N) is 2. The van der Waals surface area contributed by atoms with Crippen LogP contribution in [-0.4, -0.2) is 62.2 Å². The minimum Gasteiger partial charge on any atom is -0.317 e. The summed E-state index contributed by atoms with van der Waals surface area (Å²) >= 11 is 0. The Morgan fingerprint density at radius 3 is 2.19 bits per heavy atom. The Morgan fingerprint density at radius 1 is 1.00 bits per heavy atom. The molecule has 0 bridgehead atoms. The minimum atomic E-state index is 0.720. The van der Waals surface area contributed by atoms with Crippen molar-refractivity contribution in [3.63, 3.8) is 0 Å². The van der Waals surface area contributed by atoms with Crippen LogP contribution in [0.2, 0.25) is 0 Å². The van der Waals surface area contributed by atoms with Gasteiger partial charge in [0.2, 0.25) is 0 Å². The van der Waals surface area contributed by atoms with Gasteiger partial charge in [0.25, 0.3) is 0 Å². The first-order valence-corrected chi connectivity index (χ1v) is 9.11. The number of nitrogens with one attached hydrogen (secondary N) is 1. The molecule has 4 unspecified atom stereocenters. The molecule has 3 heteroatoms. The van der Waals surface area contributed by atoms with Gasteiger partial charge in [-0.05, 0) is 43.6 Å². The zero-order chi connectivity index (χ0) is 15.4. The lowest BCUT2D eigenvalue weighted by Crippen LogP contribution is -2.53. The van der Waals surface area contributed by atoms with E-state index in [2.05, 4.69) is 49.9 Å². The van der Waals surface area contributed by atoms with E-state index in [0.29, 0.717) is 0 Å². The van der Waals surface area contributed by atoms with E-state index in [4.69, 9.17) is 0 Å². The quantitative estimate of drug-likeness (QED) is 0.841. The molecule has 0 spiro atoms. The standard InChI is InChI=1S/C18H37N3/c1-14(2)12-20-6-8-21(9-7-20)13-17-16(4)10-15(3)11-18(17)19-5/h14-19H,6-13H2,1-5H3. The van der Waals surface area contributed by atoms with Crippen molar-refractivity contribution in [1.82, 2.24) is 15.1 Å². The first-order chi connectivity index (χ1) is 9.99. The fourth-order valence-electron chi connectivity index (χ4n) is 4.52. The normalized spacial score (nSPS) is 36.3. The summed E-state index contributed by atoms with van der Waals surface area (Å²) in [5, 5.41) is 3.60. The molecule has 1 aliphatic heterocycles. The largest absolute Gasteiger partial charge is 0.317 e. The van der Waals surface area contributed by atoms with E-state index in [1.54, 1.807) is 0 Å². The summed E-state index contributed by atoms with van der Waals surface area (Å²) in [6.45, 7) is 17.2. The zero-order valence-electron chi connectivity index (χ0n) is 14.9. The van der Waals surface area contributed by atoms with Crippen LogP contribution in [-0.2, 0) is 0 Å². The lowest BCUT2D eigenvalue weighted by Gasteiger charge is -2.44. The number of piperazine rings is 1. The predicted molar refractivity (Wildman–Crippen MR) is 91.6 cm³/mol. The van der Waals surface area contributed by atoms with E-state index in [0.717, 1.165) is 29.7 Å². The Bertz CT molecular complexity index is 297. The third-order valence-electron chi connectivity index (χ3n) is 5.61. The van der Waals surface area contributed by atoms with Crippen LogP contribution in [0.25, 0.3) is 0 Å². The molecule has 1 saturated carbocycles. The lowest BCUT2D eigenvalue weighted by atomic mass is 9.72. The topological polar surface area (TPSA) is 18.5 Å². The van der Waals surface area contributed by atoms with Crippen LogP contribution < -0.4 is 5.32 Å². The second-order valence-corrected chi connectivity index (χ2v) is 8.11. The third kappa shape index (κ3) is 4.94. The van der Waals surface area contributed by atoms with Crippen LogP contribution in [0, 0.1) is 23.7 Å². The molecule has 0 radical (unpaired) electrons. The van der Waals surface area contributed by atoms with Crippen LogP contribution in [0.3, 0.4) is 0 Å². The van der Waals surface area contributed by atoms with Gasteiger partial charge in [-0.3, -0.25) is 0 Å². The van der Waals surface area contributed by atoms with Gasteiger partial charge in [0.15, 0.2) is 0 Å². The van der Waals surface area contributed by atoms with Crippen molar-refractivity contribution in [2.45, 2.75) is 46.6 Å². The molecule has 0 amide bonds. The van der Waals surface area contributed by atoms with Gasteiger partial charge in [0.1, 0.15) is 0 Å². The Kier molecular flexibility index (Phi) is 6.51. The van der Waals surface area contributed by atoms with Gasteiger partial charge in [-0.15, -0.1) is 0 Å². The fraction of sp³-hybridized carbons (Fsp3) is 1.00. The molecule has 1 saturated heterocycles. The third-order valence-corrected chi connectivity index (χ3v) is 5.61. The van der Waals surface area contributed by atoms with Gasteiger partial charge < -0.3 is 15.1 Å². The maximum absolute atomic E-state index is 3.60. The molecule has 0 aromatic rings. The Morgan fingerprint density at radius 2 is 1.62 bits per heavy atom. The summed E-state index contributed by atoms with van der Waals surface area (Å²) in [5.41, 5.74) is 0. The average Bonchev–Trinajstić information content (AvgIpc) is 2.42. The van der Waals surface area contributed by atoms with E-state index >= 15 is 0 Å². The van der Waals surface area contributed by atoms with E-state index in [-0.39, 0.29) is 0 Å². The molecule has 1 N–H and O–H groups in total. The monoisotopic (exact) mass is 295 g/mol. The molecular weight excluding hydrogens is 258 g/mol. The maximum atomic E-state index is 3.60. The predicted octanol–water partition coefficient (Wildman–Crippen LogP) is 2.53. The highest BCUT2D eigenvalue weighted by atomic mass is 15.3. The molecule has 124 valence electrons. The fourth-order valence-corrected chi connectivity index (χ4v) is 4.52. The van der Waals surface area contributed by atoms with Gasteiger partial charge in [-0.1, -0.05) is 27.7 Å². The van der Waals surface area contributed by atoms with E-state index in [1.807, 2.05) is 0 Å². The summed E-state index contributed by atoms with van der Waals surface area (Å²) in [5.74, 6) is 3.38. The number of hydrogen-bond donors (Lipinski definition) is 1. The summed E-state index contributed by atoms with van der Waals surface area (Å²) in [6.07, 6.45) is 2.77. The first kappa shape index (κ1) is 17.2. The summed E-state index contributed by atoms with van der Waals surface area (Å²) in [4.78, 5) is 5.36. The van der Waals surface area contributed by atoms with Crippen molar-refractivity contribution in [1.29, 1.82) is 0 Å². The smallest absolute Gasteiger partial charge is 0.0110 e. The van der Waals surface area contributed by atoms with Crippen molar-refractivity contribution in [2.24, 2.45) is 23.7 Å². The van der Waals surface area contributed by atoms with Gasteiger partial charge in [-0.25, -0.2) is 0 Å². The van der Waals surface area contributed by atoms with Gasteiger partial charge in [0, 0.05) is 45.3 Å². The van der Waals surface area contributed by atoms with Gasteiger partial charge in [0.05, 0.1) is 0 Å². The van der Waals surface area contributed by atoms with Crippen LogP contribution in [0.15, 0.2) is 0 Å². The summed E-state index contributed by atoms with van der Waals surface area (Å²) in [6, 6.07) is 0.720. The van der Waals surface area contributed by atoms with E-state index in [1.165, 1.54) is 52.1 Å². The van der Waals surface area contributed by atoms with E-state index in [9.17, 15) is 0 Å². The molecule has 2 aliphatic rings. The van der Waals surface area contributed by atoms with E-state index < -0.39 is 0 Å². The average molecular weight is 296 g/mol. The van der Waals surface area contributed by atoms with Crippen molar-refractivity contribution in [2.75, 3.05) is 46.3 Å². The number of rotatable bonds is 5. The summed E-state index contributed by atoms with van der Waals surface area (Å²) < 4.78 is 0. The maximum Gasteiger partial charge on any atom is 0.0110 e. The van der Waals surface area contributed by atoms with Gasteiger partial charge in [-0.2, -0.15) is 0 Å². The summed E-state index contributed by atoms with van der Waals surface area (Å²) in [7, 11) is 2.16. The van der Waals surface area contributed by atoms with Crippen LogP contribution in [0.5, 0.6) is 0 Å². The van der Waals surface area contributed by atoms with Crippen molar-refractivity contribution < 1.29 is 0 Å². The molecule has 4 atom stereocenters. The Hall–Kier alpha value is -0.120. The minimum absolute atomic E-state index is 0.720. The molecule has 2 fully saturated rings. The molecular formula is C18H37N3. The first-order valence-electron chi connectivity index (χ1n) is 9.11.